The van der Waals surface area contributed by atoms with Gasteiger partial charge in [-0.15, -0.1) is 0 Å². The summed E-state index contributed by atoms with van der Waals surface area (Å²) < 4.78 is 5.24. The number of quaternary nitrogens is 1. The Morgan fingerprint density at radius 2 is 1.95 bits per heavy atom. The lowest BCUT2D eigenvalue weighted by Crippen LogP contribution is -2.88. The Bertz CT molecular complexity index is 714. The van der Waals surface area contributed by atoms with Gasteiger partial charge in [-0.05, 0) is 43.7 Å². The largest absolute Gasteiger partial charge is 0.508 e. The zero-order chi connectivity index (χ0) is 15.5. The zero-order valence-electron chi connectivity index (χ0n) is 13.1. The molecule has 0 radical (unpaired) electrons. The van der Waals surface area contributed by atoms with Crippen LogP contribution in [-0.4, -0.2) is 11.1 Å². The van der Waals surface area contributed by atoms with Crippen molar-refractivity contribution in [3.05, 3.63) is 39.7 Å². The summed E-state index contributed by atoms with van der Waals surface area (Å²) in [6, 6.07) is 5.79. The van der Waals surface area contributed by atoms with Crippen LogP contribution < -0.4 is 10.9 Å². The summed E-state index contributed by atoms with van der Waals surface area (Å²) >= 11 is 0. The van der Waals surface area contributed by atoms with Crippen molar-refractivity contribution < 1.29 is 14.8 Å². The van der Waals surface area contributed by atoms with Crippen molar-refractivity contribution in [3.8, 4) is 5.75 Å². The van der Waals surface area contributed by atoms with E-state index in [1.807, 2.05) is 13.0 Å². The number of rotatable bonds is 4. The monoisotopic (exact) mass is 302 g/mol. The second-order valence-corrected chi connectivity index (χ2v) is 6.26. The van der Waals surface area contributed by atoms with Crippen LogP contribution in [0.15, 0.2) is 27.4 Å². The minimum Gasteiger partial charge on any atom is -0.508 e. The normalized spacial score (nSPS) is 16.2. The van der Waals surface area contributed by atoms with Gasteiger partial charge in [0.25, 0.3) is 0 Å². The van der Waals surface area contributed by atoms with Gasteiger partial charge in [0.15, 0.2) is 0 Å². The summed E-state index contributed by atoms with van der Waals surface area (Å²) in [6.07, 6.45) is 7.26. The molecule has 0 atom stereocenters. The van der Waals surface area contributed by atoms with Crippen LogP contribution in [0.5, 0.6) is 5.75 Å². The third-order valence-electron chi connectivity index (χ3n) is 4.73. The van der Waals surface area contributed by atoms with Crippen LogP contribution >= 0.6 is 0 Å². The van der Waals surface area contributed by atoms with Crippen LogP contribution in [0.3, 0.4) is 0 Å². The van der Waals surface area contributed by atoms with E-state index in [1.165, 1.54) is 32.1 Å². The number of aryl methyl sites for hydroxylation is 1. The van der Waals surface area contributed by atoms with E-state index in [0.29, 0.717) is 11.6 Å². The molecule has 0 unspecified atom stereocenters. The first-order valence-electron chi connectivity index (χ1n) is 8.29. The van der Waals surface area contributed by atoms with Gasteiger partial charge in [0.1, 0.15) is 17.9 Å². The van der Waals surface area contributed by atoms with Crippen LogP contribution in [0.4, 0.5) is 0 Å². The molecular weight excluding hydrogens is 278 g/mol. The van der Waals surface area contributed by atoms with Gasteiger partial charge < -0.3 is 14.8 Å². The van der Waals surface area contributed by atoms with E-state index in [9.17, 15) is 9.90 Å². The fourth-order valence-electron chi connectivity index (χ4n) is 3.42. The summed E-state index contributed by atoms with van der Waals surface area (Å²) in [7, 11) is 0. The molecule has 0 amide bonds. The number of hydrogen-bond acceptors (Lipinski definition) is 3. The second kappa shape index (κ2) is 6.53. The average molecular weight is 302 g/mol. The van der Waals surface area contributed by atoms with E-state index in [-0.39, 0.29) is 11.4 Å². The number of fused-ring (bicyclic) bond motifs is 1. The molecule has 1 aromatic heterocycles. The van der Waals surface area contributed by atoms with Crippen LogP contribution in [0, 0.1) is 0 Å². The van der Waals surface area contributed by atoms with E-state index in [1.54, 1.807) is 12.1 Å². The Morgan fingerprint density at radius 1 is 1.18 bits per heavy atom. The molecule has 3 rings (SSSR count). The van der Waals surface area contributed by atoms with Gasteiger partial charge in [-0.1, -0.05) is 13.3 Å². The van der Waals surface area contributed by atoms with E-state index in [4.69, 9.17) is 4.42 Å². The first-order valence-corrected chi connectivity index (χ1v) is 8.29. The molecule has 1 aliphatic carbocycles. The van der Waals surface area contributed by atoms with Gasteiger partial charge >= 0.3 is 5.63 Å². The Balaban J connectivity index is 1.91. The standard InChI is InChI=1S/C18H23NO3/c1-2-12-8-15-13(11-19-14-6-4-3-5-7-14)9-18(21)22-17(15)10-16(12)20/h8-10,14,19-20H,2-7,11H2,1H3/p+1. The molecule has 3 N–H and O–H groups in total. The summed E-state index contributed by atoms with van der Waals surface area (Å²) in [4.78, 5) is 11.8. The number of phenols is 1. The van der Waals surface area contributed by atoms with Crippen molar-refractivity contribution in [1.82, 2.24) is 0 Å². The summed E-state index contributed by atoms with van der Waals surface area (Å²) in [6.45, 7) is 2.80. The van der Waals surface area contributed by atoms with Crippen LogP contribution in [0.1, 0.15) is 50.2 Å². The first-order chi connectivity index (χ1) is 10.7. The maximum Gasteiger partial charge on any atom is 0.336 e. The Kier molecular flexibility index (Phi) is 4.48. The lowest BCUT2D eigenvalue weighted by molar-refractivity contribution is -0.706. The summed E-state index contributed by atoms with van der Waals surface area (Å²) in [5.74, 6) is 0.201. The van der Waals surface area contributed by atoms with E-state index >= 15 is 0 Å². The topological polar surface area (TPSA) is 67.0 Å². The lowest BCUT2D eigenvalue weighted by Gasteiger charge is -2.20. The Hall–Kier alpha value is -1.81. The van der Waals surface area contributed by atoms with Crippen molar-refractivity contribution in [2.75, 3.05) is 0 Å². The molecular formula is C18H24NO3+. The molecule has 0 spiro atoms. The fraction of sp³-hybridized carbons (Fsp3) is 0.500. The number of hydrogen-bond donors (Lipinski definition) is 2. The molecule has 1 saturated carbocycles. The highest BCUT2D eigenvalue weighted by molar-refractivity contribution is 5.82. The highest BCUT2D eigenvalue weighted by atomic mass is 16.4. The number of aromatic hydroxyl groups is 1. The van der Waals surface area contributed by atoms with Crippen molar-refractivity contribution in [1.29, 1.82) is 0 Å². The SMILES string of the molecule is CCc1cc2c(C[NH2+]C3CCCCC3)cc(=O)oc2cc1O. The molecule has 1 fully saturated rings. The molecule has 2 aromatic rings. The van der Waals surface area contributed by atoms with Gasteiger partial charge in [-0.3, -0.25) is 0 Å². The molecule has 4 nitrogen and oxygen atoms in total. The summed E-state index contributed by atoms with van der Waals surface area (Å²) in [5, 5.41) is 13.3. The molecule has 0 aliphatic heterocycles. The number of nitrogens with two attached hydrogens (primary N) is 1. The van der Waals surface area contributed by atoms with E-state index in [2.05, 4.69) is 5.32 Å². The Morgan fingerprint density at radius 3 is 2.68 bits per heavy atom. The van der Waals surface area contributed by atoms with Gasteiger partial charge in [-0.25, -0.2) is 4.79 Å². The molecule has 0 bridgehead atoms. The number of phenolic OH excluding ortho intramolecular Hbond substituents is 1. The van der Waals surface area contributed by atoms with Gasteiger partial charge in [0.05, 0.1) is 6.04 Å². The molecule has 0 saturated heterocycles. The maximum atomic E-state index is 11.8. The smallest absolute Gasteiger partial charge is 0.336 e. The predicted molar refractivity (Wildman–Crippen MR) is 86.0 cm³/mol. The molecule has 4 heteroatoms. The van der Waals surface area contributed by atoms with Crippen LogP contribution in [0.25, 0.3) is 11.0 Å². The van der Waals surface area contributed by atoms with Crippen molar-refractivity contribution >= 4 is 11.0 Å². The van der Waals surface area contributed by atoms with Gasteiger partial charge in [0.2, 0.25) is 0 Å². The molecule has 118 valence electrons. The molecule has 22 heavy (non-hydrogen) atoms. The molecule has 1 aromatic carbocycles. The third kappa shape index (κ3) is 3.17. The van der Waals surface area contributed by atoms with Crippen LogP contribution in [0.2, 0.25) is 0 Å². The second-order valence-electron chi connectivity index (χ2n) is 6.26. The third-order valence-corrected chi connectivity index (χ3v) is 4.73. The van der Waals surface area contributed by atoms with E-state index < -0.39 is 0 Å². The first kappa shape index (κ1) is 15.1. The van der Waals surface area contributed by atoms with Crippen LogP contribution in [-0.2, 0) is 13.0 Å². The molecule has 1 aliphatic rings. The Labute approximate surface area is 130 Å². The number of benzene rings is 1. The van der Waals surface area contributed by atoms with Crippen molar-refractivity contribution in [3.63, 3.8) is 0 Å². The lowest BCUT2D eigenvalue weighted by atomic mass is 9.95. The van der Waals surface area contributed by atoms with Gasteiger partial charge in [0, 0.05) is 23.1 Å². The molecule has 1 heterocycles. The predicted octanol–water partition coefficient (Wildman–Crippen LogP) is 2.46. The average Bonchev–Trinajstić information content (AvgIpc) is 2.53. The van der Waals surface area contributed by atoms with E-state index in [0.717, 1.165) is 29.5 Å². The quantitative estimate of drug-likeness (QED) is 0.853. The van der Waals surface area contributed by atoms with Gasteiger partial charge in [-0.2, -0.15) is 0 Å². The fourth-order valence-corrected chi connectivity index (χ4v) is 3.42. The highest BCUT2D eigenvalue weighted by Crippen LogP contribution is 2.26. The highest BCUT2D eigenvalue weighted by Gasteiger charge is 2.17. The minimum absolute atomic E-state index is 0.201. The zero-order valence-corrected chi connectivity index (χ0v) is 13.1. The minimum atomic E-state index is -0.344. The maximum absolute atomic E-state index is 11.8. The van der Waals surface area contributed by atoms with Crippen molar-refractivity contribution in [2.24, 2.45) is 0 Å². The summed E-state index contributed by atoms with van der Waals surface area (Å²) in [5.41, 5.74) is 2.03. The van der Waals surface area contributed by atoms with Crippen molar-refractivity contribution in [2.45, 2.75) is 58.0 Å².